The van der Waals surface area contributed by atoms with Crippen LogP contribution < -0.4 is 0 Å². The number of carbonyl (C=O) groups excluding carboxylic acids is 1. The van der Waals surface area contributed by atoms with E-state index in [1.165, 1.54) is 6.08 Å². The molecule has 183 valence electrons. The number of hydrogen-bond donors (Lipinski definition) is 1. The van der Waals surface area contributed by atoms with Crippen LogP contribution in [0.15, 0.2) is 78.8 Å². The molecule has 1 radical (unpaired) electrons. The van der Waals surface area contributed by atoms with E-state index in [1.54, 1.807) is 12.4 Å². The number of aliphatic hydroxyl groups excluding tert-OH is 1. The van der Waals surface area contributed by atoms with Crippen molar-refractivity contribution in [3.8, 4) is 22.5 Å². The Morgan fingerprint density at radius 3 is 1.85 bits per heavy atom. The minimum atomic E-state index is 0. The summed E-state index contributed by atoms with van der Waals surface area (Å²) in [6.45, 7) is 8.07. The summed E-state index contributed by atoms with van der Waals surface area (Å²) in [6.07, 6.45) is 8.49. The van der Waals surface area contributed by atoms with Gasteiger partial charge in [0.1, 0.15) is 0 Å². The quantitative estimate of drug-likeness (QED) is 0.151. The van der Waals surface area contributed by atoms with Crippen molar-refractivity contribution in [3.05, 3.63) is 84.9 Å². The Hall–Kier alpha value is -2.62. The molecule has 34 heavy (non-hydrogen) atoms. The average Bonchev–Trinajstić information content (AvgIpc) is 2.87. The normalized spacial score (nSPS) is 10.9. The average molecular weight is 636 g/mol. The molecule has 4 nitrogen and oxygen atoms in total. The summed E-state index contributed by atoms with van der Waals surface area (Å²) >= 11 is 0. The first-order valence-electron chi connectivity index (χ1n) is 11.8. The summed E-state index contributed by atoms with van der Waals surface area (Å²) < 4.78 is 0. The number of nitrogens with zero attached hydrogens (tertiary/aromatic N) is 2. The molecule has 0 fully saturated rings. The molecule has 3 rings (SSSR count). The maximum Gasteiger partial charge on any atom is 0.162 e. The zero-order valence-electron chi connectivity index (χ0n) is 20.5. The van der Waals surface area contributed by atoms with E-state index in [9.17, 15) is 9.90 Å². The SMILES string of the molecule is CCC(CC)C(=O)/C=C(\O)C(CC)CC.[Ir].[c-]1cc(-c2ccccn2)ccc1-c1ccccn1. The van der Waals surface area contributed by atoms with E-state index in [2.05, 4.69) is 16.0 Å². The molecule has 1 N–H and O–H groups in total. The van der Waals surface area contributed by atoms with E-state index in [0.29, 0.717) is 0 Å². The molecule has 0 unspecified atom stereocenters. The second-order valence-electron chi connectivity index (χ2n) is 7.92. The summed E-state index contributed by atoms with van der Waals surface area (Å²) in [4.78, 5) is 20.3. The van der Waals surface area contributed by atoms with Crippen LogP contribution in [0.2, 0.25) is 0 Å². The smallest absolute Gasteiger partial charge is 0.162 e. The van der Waals surface area contributed by atoms with Gasteiger partial charge in [-0.3, -0.25) is 9.78 Å². The largest absolute Gasteiger partial charge is 0.512 e. The minimum absolute atomic E-state index is 0. The molecule has 2 heterocycles. The van der Waals surface area contributed by atoms with Crippen molar-refractivity contribution in [1.29, 1.82) is 0 Å². The van der Waals surface area contributed by atoms with Crippen LogP contribution in [0.5, 0.6) is 0 Å². The fourth-order valence-corrected chi connectivity index (χ4v) is 3.58. The van der Waals surface area contributed by atoms with Crippen LogP contribution in [0, 0.1) is 17.9 Å². The molecule has 0 aliphatic rings. The summed E-state index contributed by atoms with van der Waals surface area (Å²) in [6, 6.07) is 21.0. The molecule has 0 saturated heterocycles. The summed E-state index contributed by atoms with van der Waals surface area (Å²) in [5.74, 6) is 0.547. The maximum absolute atomic E-state index is 11.7. The van der Waals surface area contributed by atoms with E-state index >= 15 is 0 Å². The van der Waals surface area contributed by atoms with Crippen LogP contribution in [-0.2, 0) is 24.9 Å². The predicted molar refractivity (Wildman–Crippen MR) is 136 cm³/mol. The van der Waals surface area contributed by atoms with Crippen LogP contribution in [0.25, 0.3) is 22.5 Å². The number of hydrogen-bond acceptors (Lipinski definition) is 4. The van der Waals surface area contributed by atoms with Gasteiger partial charge in [0.15, 0.2) is 5.78 Å². The number of allylic oxidation sites excluding steroid dienone is 2. The van der Waals surface area contributed by atoms with Gasteiger partial charge in [0.05, 0.1) is 5.76 Å². The second-order valence-corrected chi connectivity index (χ2v) is 7.92. The predicted octanol–water partition coefficient (Wildman–Crippen LogP) is 7.48. The van der Waals surface area contributed by atoms with Gasteiger partial charge < -0.3 is 10.1 Å². The fraction of sp³-hybridized carbons (Fsp3) is 0.345. The van der Waals surface area contributed by atoms with Gasteiger partial charge >= 0.3 is 0 Å². The maximum atomic E-state index is 11.7. The molecular weight excluding hydrogens is 601 g/mol. The van der Waals surface area contributed by atoms with Gasteiger partial charge in [0.25, 0.3) is 0 Å². The Labute approximate surface area is 217 Å². The van der Waals surface area contributed by atoms with E-state index in [0.717, 1.165) is 48.2 Å². The number of ketones is 1. The van der Waals surface area contributed by atoms with Crippen LogP contribution in [0.4, 0.5) is 0 Å². The molecule has 0 spiro atoms. The molecule has 3 aromatic rings. The molecular formula is C29H35IrN2O2-. The van der Waals surface area contributed by atoms with Crippen molar-refractivity contribution in [2.75, 3.05) is 0 Å². The summed E-state index contributed by atoms with van der Waals surface area (Å²) in [5, 5.41) is 9.76. The van der Waals surface area contributed by atoms with E-state index in [1.807, 2.05) is 82.3 Å². The van der Waals surface area contributed by atoms with Crippen molar-refractivity contribution in [3.63, 3.8) is 0 Å². The van der Waals surface area contributed by atoms with Gasteiger partial charge in [-0.1, -0.05) is 51.5 Å². The Kier molecular flexibility index (Phi) is 13.9. The van der Waals surface area contributed by atoms with Crippen molar-refractivity contribution in [1.82, 2.24) is 9.97 Å². The fourth-order valence-electron chi connectivity index (χ4n) is 3.58. The first-order valence-corrected chi connectivity index (χ1v) is 11.8. The first kappa shape index (κ1) is 29.4. The number of benzene rings is 1. The van der Waals surface area contributed by atoms with Crippen LogP contribution in [-0.4, -0.2) is 20.9 Å². The Balaban J connectivity index is 0.000000338. The zero-order valence-corrected chi connectivity index (χ0v) is 22.9. The van der Waals surface area contributed by atoms with E-state index < -0.39 is 0 Å². The molecule has 0 amide bonds. The molecule has 0 atom stereocenters. The van der Waals surface area contributed by atoms with Gasteiger partial charge in [-0.05, 0) is 49.6 Å². The Morgan fingerprint density at radius 2 is 1.41 bits per heavy atom. The van der Waals surface area contributed by atoms with Crippen molar-refractivity contribution in [2.45, 2.75) is 53.4 Å². The molecule has 5 heteroatoms. The third-order valence-corrected chi connectivity index (χ3v) is 5.80. The molecule has 0 saturated carbocycles. The van der Waals surface area contributed by atoms with Gasteiger partial charge in [-0.15, -0.1) is 29.8 Å². The Bertz CT molecular complexity index is 923. The van der Waals surface area contributed by atoms with Crippen molar-refractivity contribution < 1.29 is 30.0 Å². The van der Waals surface area contributed by atoms with Gasteiger partial charge in [0, 0.05) is 56.1 Å². The topological polar surface area (TPSA) is 63.1 Å². The number of pyridine rings is 2. The standard InChI is InChI=1S/C16H11N2.C13H24O2.Ir/c1-3-11-17-15(5-1)13-7-9-14(10-8-13)16-6-2-4-12-18-16;1-5-10(6-2)12(14)9-13(15)11(7-3)8-4;/h1-9,11-12H;9-11,14H,5-8H2,1-4H3;/q-1;;/b;12-9-;. The molecule has 2 aromatic heterocycles. The van der Waals surface area contributed by atoms with Crippen molar-refractivity contribution >= 4 is 5.78 Å². The zero-order chi connectivity index (χ0) is 24.1. The Morgan fingerprint density at radius 1 is 0.853 bits per heavy atom. The molecule has 0 aliphatic carbocycles. The van der Waals surface area contributed by atoms with Crippen LogP contribution in [0.3, 0.4) is 0 Å². The minimum Gasteiger partial charge on any atom is -0.512 e. The van der Waals surface area contributed by atoms with Crippen molar-refractivity contribution in [2.24, 2.45) is 11.8 Å². The number of rotatable bonds is 9. The van der Waals surface area contributed by atoms with Gasteiger partial charge in [-0.2, -0.15) is 0 Å². The van der Waals surface area contributed by atoms with E-state index in [-0.39, 0.29) is 43.5 Å². The monoisotopic (exact) mass is 636 g/mol. The third kappa shape index (κ3) is 8.96. The summed E-state index contributed by atoms with van der Waals surface area (Å²) in [5.41, 5.74) is 3.96. The number of aromatic nitrogens is 2. The van der Waals surface area contributed by atoms with Gasteiger partial charge in [0.2, 0.25) is 0 Å². The van der Waals surface area contributed by atoms with Gasteiger partial charge in [-0.25, -0.2) is 0 Å². The van der Waals surface area contributed by atoms with Crippen LogP contribution in [0.1, 0.15) is 53.4 Å². The summed E-state index contributed by atoms with van der Waals surface area (Å²) in [7, 11) is 0. The van der Waals surface area contributed by atoms with Crippen LogP contribution >= 0.6 is 0 Å². The molecule has 0 aliphatic heterocycles. The number of aliphatic hydroxyl groups is 1. The third-order valence-electron chi connectivity index (χ3n) is 5.80. The molecule has 1 aromatic carbocycles. The molecule has 0 bridgehead atoms. The second kappa shape index (κ2) is 16.1. The van der Waals surface area contributed by atoms with E-state index in [4.69, 9.17) is 0 Å². The number of carbonyl (C=O) groups is 1. The first-order chi connectivity index (χ1) is 16.0.